The molecule has 0 saturated heterocycles. The molecule has 9 nitrogen and oxygen atoms in total. The molecular formula is C12H12N4O5S2. The van der Waals surface area contributed by atoms with Crippen molar-refractivity contribution >= 4 is 44.6 Å². The van der Waals surface area contributed by atoms with Crippen molar-refractivity contribution in [3.05, 3.63) is 29.3 Å². The standard InChI is InChI=1S/C12H12N4O5S2/c1-2-21-11(18)10-14-15-12(22-10)16-23(19,20)9-5-3-8(4-6-9)13-7-17/h3-7H,2H2,1H3,(H,13,17)(H,15,16). The van der Waals surface area contributed by atoms with E-state index in [2.05, 4.69) is 20.2 Å². The second kappa shape index (κ2) is 7.15. The Labute approximate surface area is 135 Å². The van der Waals surface area contributed by atoms with Crippen LogP contribution >= 0.6 is 11.3 Å². The van der Waals surface area contributed by atoms with E-state index < -0.39 is 16.0 Å². The highest BCUT2D eigenvalue weighted by Crippen LogP contribution is 2.21. The first-order valence-electron chi connectivity index (χ1n) is 6.30. The summed E-state index contributed by atoms with van der Waals surface area (Å²) in [6.07, 6.45) is 0.486. The van der Waals surface area contributed by atoms with Gasteiger partial charge in [0.05, 0.1) is 11.5 Å². The summed E-state index contributed by atoms with van der Waals surface area (Å²) in [7, 11) is -3.88. The van der Waals surface area contributed by atoms with Crippen LogP contribution < -0.4 is 10.0 Å². The van der Waals surface area contributed by atoms with Gasteiger partial charge in [0.15, 0.2) is 0 Å². The van der Waals surface area contributed by atoms with Gasteiger partial charge in [-0.05, 0) is 31.2 Å². The van der Waals surface area contributed by atoms with E-state index in [4.69, 9.17) is 4.74 Å². The Morgan fingerprint density at radius 2 is 2.00 bits per heavy atom. The largest absolute Gasteiger partial charge is 0.461 e. The average Bonchev–Trinajstić information content (AvgIpc) is 2.96. The minimum absolute atomic E-state index is 0.0261. The highest BCUT2D eigenvalue weighted by molar-refractivity contribution is 7.93. The molecule has 11 heteroatoms. The average molecular weight is 356 g/mol. The number of aromatic nitrogens is 2. The third kappa shape index (κ3) is 4.23. The van der Waals surface area contributed by atoms with Gasteiger partial charge in [-0.1, -0.05) is 11.3 Å². The number of hydrogen-bond acceptors (Lipinski definition) is 8. The number of carbonyl (C=O) groups excluding carboxylic acids is 2. The van der Waals surface area contributed by atoms with Gasteiger partial charge in [0.25, 0.3) is 10.0 Å². The van der Waals surface area contributed by atoms with Crippen LogP contribution in [-0.4, -0.2) is 37.6 Å². The maximum Gasteiger partial charge on any atom is 0.369 e. The minimum Gasteiger partial charge on any atom is -0.461 e. The van der Waals surface area contributed by atoms with Crippen molar-refractivity contribution in [2.45, 2.75) is 11.8 Å². The number of carbonyl (C=O) groups is 2. The Kier molecular flexibility index (Phi) is 5.24. The molecule has 0 aliphatic rings. The van der Waals surface area contributed by atoms with E-state index in [0.717, 1.165) is 11.3 Å². The lowest BCUT2D eigenvalue weighted by molar-refractivity contribution is -0.105. The summed E-state index contributed by atoms with van der Waals surface area (Å²) in [6.45, 7) is 1.83. The fourth-order valence-corrected chi connectivity index (χ4v) is 3.38. The normalized spacial score (nSPS) is 10.8. The van der Waals surface area contributed by atoms with Crippen molar-refractivity contribution < 1.29 is 22.7 Å². The number of amides is 1. The zero-order valence-corrected chi connectivity index (χ0v) is 13.5. The maximum absolute atomic E-state index is 12.2. The number of nitrogens with zero attached hydrogens (tertiary/aromatic N) is 2. The molecule has 1 aromatic heterocycles. The summed E-state index contributed by atoms with van der Waals surface area (Å²) >= 11 is 0.768. The molecular weight excluding hydrogens is 344 g/mol. The van der Waals surface area contributed by atoms with Gasteiger partial charge in [-0.3, -0.25) is 9.52 Å². The number of esters is 1. The summed E-state index contributed by atoms with van der Waals surface area (Å²) in [5, 5.41) is 9.46. The number of ether oxygens (including phenoxy) is 1. The first kappa shape index (κ1) is 16.8. The highest BCUT2D eigenvalue weighted by atomic mass is 32.2. The van der Waals surface area contributed by atoms with Gasteiger partial charge in [-0.25, -0.2) is 13.2 Å². The molecule has 2 rings (SSSR count). The van der Waals surface area contributed by atoms with Crippen molar-refractivity contribution in [3.63, 3.8) is 0 Å². The summed E-state index contributed by atoms with van der Waals surface area (Å²) in [4.78, 5) is 21.7. The molecule has 0 unspecified atom stereocenters. The molecule has 0 fully saturated rings. The molecule has 0 atom stereocenters. The van der Waals surface area contributed by atoms with Crippen LogP contribution in [-0.2, 0) is 19.6 Å². The number of nitrogens with one attached hydrogen (secondary N) is 2. The molecule has 0 bridgehead atoms. The topological polar surface area (TPSA) is 127 Å². The summed E-state index contributed by atoms with van der Waals surface area (Å²) in [5.74, 6) is -0.667. The van der Waals surface area contributed by atoms with Crippen molar-refractivity contribution in [2.24, 2.45) is 0 Å². The van der Waals surface area contributed by atoms with E-state index in [1.54, 1.807) is 6.92 Å². The quantitative estimate of drug-likeness (QED) is 0.561. The van der Waals surface area contributed by atoms with Gasteiger partial charge in [-0.2, -0.15) is 0 Å². The van der Waals surface area contributed by atoms with Crippen molar-refractivity contribution in [1.82, 2.24) is 10.2 Å². The van der Waals surface area contributed by atoms with E-state index >= 15 is 0 Å². The summed E-state index contributed by atoms with van der Waals surface area (Å²) in [5.41, 5.74) is 0.458. The highest BCUT2D eigenvalue weighted by Gasteiger charge is 2.19. The predicted octanol–water partition coefficient (Wildman–Crippen LogP) is 1.08. The van der Waals surface area contributed by atoms with Gasteiger partial charge in [0.2, 0.25) is 16.5 Å². The lowest BCUT2D eigenvalue weighted by Gasteiger charge is -2.05. The van der Waals surface area contributed by atoms with E-state index in [-0.39, 0.29) is 21.6 Å². The third-order valence-electron chi connectivity index (χ3n) is 2.49. The molecule has 122 valence electrons. The first-order valence-corrected chi connectivity index (χ1v) is 8.60. The Morgan fingerprint density at radius 1 is 1.30 bits per heavy atom. The molecule has 0 spiro atoms. The predicted molar refractivity (Wildman–Crippen MR) is 82.8 cm³/mol. The van der Waals surface area contributed by atoms with Crippen LogP contribution in [0.2, 0.25) is 0 Å². The van der Waals surface area contributed by atoms with Crippen LogP contribution in [0.3, 0.4) is 0 Å². The summed E-state index contributed by atoms with van der Waals surface area (Å²) < 4.78 is 31.4. The van der Waals surface area contributed by atoms with Crippen molar-refractivity contribution in [1.29, 1.82) is 0 Å². The molecule has 1 amide bonds. The minimum atomic E-state index is -3.88. The first-order chi connectivity index (χ1) is 11.0. The van der Waals surface area contributed by atoms with Crippen LogP contribution in [0.1, 0.15) is 16.7 Å². The molecule has 0 radical (unpaired) electrons. The molecule has 1 heterocycles. The maximum atomic E-state index is 12.2. The van der Waals surface area contributed by atoms with Gasteiger partial charge in [-0.15, -0.1) is 10.2 Å². The molecule has 2 aromatic rings. The number of anilines is 2. The van der Waals surface area contributed by atoms with E-state index in [0.29, 0.717) is 12.1 Å². The monoisotopic (exact) mass is 356 g/mol. The number of hydrogen-bond donors (Lipinski definition) is 2. The van der Waals surface area contributed by atoms with E-state index in [1.165, 1.54) is 24.3 Å². The van der Waals surface area contributed by atoms with E-state index in [9.17, 15) is 18.0 Å². The Balaban J connectivity index is 2.14. The Morgan fingerprint density at radius 3 is 2.61 bits per heavy atom. The van der Waals surface area contributed by atoms with Gasteiger partial charge in [0.1, 0.15) is 0 Å². The van der Waals surface area contributed by atoms with Crippen molar-refractivity contribution in [2.75, 3.05) is 16.6 Å². The molecule has 0 aliphatic carbocycles. The van der Waals surface area contributed by atoms with E-state index in [1.807, 2.05) is 0 Å². The van der Waals surface area contributed by atoms with Gasteiger partial charge >= 0.3 is 5.97 Å². The summed E-state index contributed by atoms with van der Waals surface area (Å²) in [6, 6.07) is 5.52. The SMILES string of the molecule is CCOC(=O)c1nnc(NS(=O)(=O)c2ccc(NC=O)cc2)s1. The lowest BCUT2D eigenvalue weighted by atomic mass is 10.3. The second-order valence-corrected chi connectivity index (χ2v) is 6.68. The zero-order chi connectivity index (χ0) is 16.9. The van der Waals surface area contributed by atoms with Crippen LogP contribution in [0.4, 0.5) is 10.8 Å². The Bertz CT molecular complexity index is 801. The van der Waals surface area contributed by atoms with Crippen LogP contribution in [0.25, 0.3) is 0 Å². The van der Waals surface area contributed by atoms with Gasteiger partial charge < -0.3 is 10.1 Å². The molecule has 2 N–H and O–H groups in total. The lowest BCUT2D eigenvalue weighted by Crippen LogP contribution is -2.12. The molecule has 0 saturated carbocycles. The molecule has 0 aliphatic heterocycles. The molecule has 1 aromatic carbocycles. The fraction of sp³-hybridized carbons (Fsp3) is 0.167. The van der Waals surface area contributed by atoms with Crippen LogP contribution in [0.5, 0.6) is 0 Å². The molecule has 23 heavy (non-hydrogen) atoms. The van der Waals surface area contributed by atoms with Crippen LogP contribution in [0, 0.1) is 0 Å². The smallest absolute Gasteiger partial charge is 0.369 e. The van der Waals surface area contributed by atoms with Crippen molar-refractivity contribution in [3.8, 4) is 0 Å². The fourth-order valence-electron chi connectivity index (χ4n) is 1.51. The number of benzene rings is 1. The second-order valence-electron chi connectivity index (χ2n) is 4.02. The van der Waals surface area contributed by atoms with Gasteiger partial charge in [0, 0.05) is 5.69 Å². The van der Waals surface area contributed by atoms with Crippen LogP contribution in [0.15, 0.2) is 29.2 Å². The number of sulfonamides is 1. The zero-order valence-electron chi connectivity index (χ0n) is 11.8. The Hall–Kier alpha value is -2.53. The number of rotatable bonds is 7. The third-order valence-corrected chi connectivity index (χ3v) is 4.79.